The molecule has 0 spiro atoms. The average molecular weight is 213 g/mol. The highest BCUT2D eigenvalue weighted by Gasteiger charge is 1.85. The van der Waals surface area contributed by atoms with Crippen LogP contribution in [0.15, 0.2) is 0 Å². The molecule has 4 N–H and O–H groups in total. The van der Waals surface area contributed by atoms with Gasteiger partial charge in [-0.1, -0.05) is 0 Å². The largest absolute Gasteiger partial charge is 0.761 e. The Morgan fingerprint density at radius 1 is 0.800 bits per heavy atom. The molecule has 0 radical (unpaired) electrons. The summed E-state index contributed by atoms with van der Waals surface area (Å²) in [6.07, 6.45) is 0. The van der Waals surface area contributed by atoms with Crippen LogP contribution < -0.4 is 0 Å². The van der Waals surface area contributed by atoms with Crippen molar-refractivity contribution in [2.75, 3.05) is 0 Å². The van der Waals surface area contributed by atoms with Crippen LogP contribution in [0.2, 0.25) is 0 Å². The lowest BCUT2D eigenvalue weighted by Gasteiger charge is -1.55. The normalized spacial score (nSPS) is 4.80. The van der Waals surface area contributed by atoms with Crippen molar-refractivity contribution in [3.8, 4) is 0 Å². The molecule has 0 aliphatic rings. The van der Waals surface area contributed by atoms with Gasteiger partial charge in [-0.05, 0) is 0 Å². The molecule has 10 heavy (non-hydrogen) atoms. The SMILES string of the molecule is O=[Si](O)O.O=[Si](O)O.[AlH3].[MgH2]. The van der Waals surface area contributed by atoms with E-state index < -0.39 is 18.3 Å². The molecule has 0 atom stereocenters. The Morgan fingerprint density at radius 2 is 0.800 bits per heavy atom. The molecule has 0 aromatic carbocycles. The van der Waals surface area contributed by atoms with Gasteiger partial charge in [-0.3, -0.25) is 8.92 Å². The predicted molar refractivity (Wildman–Crippen MR) is 40.2 cm³/mol. The van der Waals surface area contributed by atoms with E-state index in [0.29, 0.717) is 0 Å². The summed E-state index contributed by atoms with van der Waals surface area (Å²) < 4.78 is 17.5. The van der Waals surface area contributed by atoms with E-state index in [0.717, 1.165) is 0 Å². The molecule has 0 aliphatic heterocycles. The van der Waals surface area contributed by atoms with E-state index in [2.05, 4.69) is 0 Å². The van der Waals surface area contributed by atoms with Crippen LogP contribution in [0.25, 0.3) is 0 Å². The molecule has 58 valence electrons. The van der Waals surface area contributed by atoms with Crippen LogP contribution in [0, 0.1) is 0 Å². The van der Waals surface area contributed by atoms with Gasteiger partial charge in [-0.2, -0.15) is 0 Å². The Kier molecular flexibility index (Phi) is 36.5. The smallest absolute Gasteiger partial charge is 0.511 e. The van der Waals surface area contributed by atoms with Gasteiger partial charge >= 0.3 is 41.4 Å². The first-order valence-electron chi connectivity index (χ1n) is 1.30. The van der Waals surface area contributed by atoms with Crippen molar-refractivity contribution in [1.29, 1.82) is 0 Å². The number of hydrogen-bond donors (Lipinski definition) is 4. The molecule has 0 fully saturated rings. The van der Waals surface area contributed by atoms with Crippen LogP contribution in [0.4, 0.5) is 0 Å². The van der Waals surface area contributed by atoms with Crippen molar-refractivity contribution in [2.24, 2.45) is 0 Å². The minimum absolute atomic E-state index is 0. The van der Waals surface area contributed by atoms with Gasteiger partial charge in [0.2, 0.25) is 0 Å². The molecule has 0 aromatic rings. The van der Waals surface area contributed by atoms with E-state index in [1.54, 1.807) is 0 Å². The van der Waals surface area contributed by atoms with Crippen LogP contribution >= 0.6 is 0 Å². The Labute approximate surface area is 86.6 Å². The van der Waals surface area contributed by atoms with Crippen molar-refractivity contribution in [1.82, 2.24) is 0 Å². The summed E-state index contributed by atoms with van der Waals surface area (Å²) in [7, 11) is -6.26. The average Bonchev–Trinajstić information content (AvgIpc) is 1.25. The van der Waals surface area contributed by atoms with Gasteiger partial charge in [0.15, 0.2) is 17.4 Å². The van der Waals surface area contributed by atoms with Crippen molar-refractivity contribution >= 4 is 58.8 Å². The molecule has 0 rings (SSSR count). The van der Waals surface area contributed by atoms with Crippen LogP contribution in [0.3, 0.4) is 0 Å². The summed E-state index contributed by atoms with van der Waals surface area (Å²) in [5.41, 5.74) is 0. The van der Waals surface area contributed by atoms with E-state index in [4.69, 9.17) is 28.1 Å². The van der Waals surface area contributed by atoms with Gasteiger partial charge in [0.05, 0.1) is 0 Å². The Morgan fingerprint density at radius 3 is 0.800 bits per heavy atom. The van der Waals surface area contributed by atoms with Crippen molar-refractivity contribution < 1.29 is 28.1 Å². The maximum atomic E-state index is 8.74. The lowest BCUT2D eigenvalue weighted by Crippen LogP contribution is -1.90. The first-order valence-corrected chi connectivity index (χ1v) is 3.91. The zero-order valence-electron chi connectivity index (χ0n) is 3.61. The summed E-state index contributed by atoms with van der Waals surface area (Å²) in [5, 5.41) is 0. The van der Waals surface area contributed by atoms with Crippen LogP contribution in [-0.4, -0.2) is 77.9 Å². The van der Waals surface area contributed by atoms with Gasteiger partial charge < -0.3 is 19.2 Å². The first kappa shape index (κ1) is 22.4. The third kappa shape index (κ3) is 1710. The van der Waals surface area contributed by atoms with Crippen molar-refractivity contribution in [3.63, 3.8) is 0 Å². The lowest BCUT2D eigenvalue weighted by molar-refractivity contribution is 0.328. The molecule has 0 aromatic heterocycles. The summed E-state index contributed by atoms with van der Waals surface area (Å²) in [4.78, 5) is 28.6. The van der Waals surface area contributed by atoms with Crippen LogP contribution in [-0.2, 0) is 8.92 Å². The van der Waals surface area contributed by atoms with E-state index in [9.17, 15) is 0 Å². The summed E-state index contributed by atoms with van der Waals surface area (Å²) in [6.45, 7) is 0. The highest BCUT2D eigenvalue weighted by Crippen LogP contribution is 1.27. The second-order valence-electron chi connectivity index (χ2n) is 0.565. The first-order chi connectivity index (χ1) is 3.46. The van der Waals surface area contributed by atoms with Gasteiger partial charge in [-0.15, -0.1) is 0 Å². The zero-order chi connectivity index (χ0) is 7.15. The lowest BCUT2D eigenvalue weighted by atomic mass is 15.8. The Bertz CT molecular complexity index is 73.7. The van der Waals surface area contributed by atoms with Gasteiger partial charge in [0, 0.05) is 0 Å². The maximum absolute atomic E-state index is 8.74. The molecule has 0 saturated heterocycles. The molecular formula is H9AlMgO6Si2. The molecule has 0 amide bonds. The topological polar surface area (TPSA) is 115 Å². The zero-order valence-corrected chi connectivity index (χ0v) is 5.61. The Hall–Kier alpha value is 0.532. The molecule has 6 nitrogen and oxygen atoms in total. The third-order valence-electron chi connectivity index (χ3n) is 0. The Balaban J connectivity index is -0.0000000300. The minimum Gasteiger partial charge on any atom is -0.511 e. The number of rotatable bonds is 0. The summed E-state index contributed by atoms with van der Waals surface area (Å²) in [5.74, 6) is 0. The standard InChI is InChI=1S/Al.Mg.2H2O3Si.5H/c;;2*1-4(2)3;;;;;/h;;2*1-2H;;;;;. The van der Waals surface area contributed by atoms with Gasteiger partial charge in [-0.25, -0.2) is 0 Å². The van der Waals surface area contributed by atoms with Crippen molar-refractivity contribution in [3.05, 3.63) is 0 Å². The van der Waals surface area contributed by atoms with Crippen LogP contribution in [0.1, 0.15) is 0 Å². The highest BCUT2D eigenvalue weighted by molar-refractivity contribution is 6.22. The van der Waals surface area contributed by atoms with E-state index in [1.807, 2.05) is 0 Å². The van der Waals surface area contributed by atoms with E-state index in [1.165, 1.54) is 0 Å². The maximum Gasteiger partial charge on any atom is 0.761 e. The van der Waals surface area contributed by atoms with Crippen molar-refractivity contribution in [2.45, 2.75) is 0 Å². The molecule has 0 aliphatic carbocycles. The van der Waals surface area contributed by atoms with E-state index >= 15 is 0 Å². The van der Waals surface area contributed by atoms with Gasteiger partial charge in [0.25, 0.3) is 0 Å². The highest BCUT2D eigenvalue weighted by atomic mass is 28.3. The molecule has 0 saturated carbocycles. The minimum atomic E-state index is -3.13. The van der Waals surface area contributed by atoms with Crippen LogP contribution in [0.5, 0.6) is 0 Å². The van der Waals surface area contributed by atoms with E-state index in [-0.39, 0.29) is 40.4 Å². The summed E-state index contributed by atoms with van der Waals surface area (Å²) >= 11 is 0. The summed E-state index contributed by atoms with van der Waals surface area (Å²) in [6, 6.07) is 0. The fourth-order valence-corrected chi connectivity index (χ4v) is 0. The third-order valence-corrected chi connectivity index (χ3v) is 0. The predicted octanol–water partition coefficient (Wildman–Crippen LogP) is -5.33. The monoisotopic (exact) mass is 212 g/mol. The number of hydrogen-bond acceptors (Lipinski definition) is 2. The molecule has 0 heterocycles. The molecular weight excluding hydrogens is 203 g/mol. The van der Waals surface area contributed by atoms with Gasteiger partial charge in [0.1, 0.15) is 0 Å². The quantitative estimate of drug-likeness (QED) is 0.298. The molecule has 0 bridgehead atoms. The second kappa shape index (κ2) is 16.3. The molecule has 0 unspecified atom stereocenters. The fraction of sp³-hybridized carbons (Fsp3) is 0. The second-order valence-corrected chi connectivity index (χ2v) is 1.70. The molecule has 10 heteroatoms. The fourth-order valence-electron chi connectivity index (χ4n) is 0.